The van der Waals surface area contributed by atoms with Crippen LogP contribution < -0.4 is 0 Å². The lowest BCUT2D eigenvalue weighted by molar-refractivity contribution is -0.137. The fourth-order valence-electron chi connectivity index (χ4n) is 3.78. The molecule has 27 heavy (non-hydrogen) atoms. The monoisotopic (exact) mass is 363 g/mol. The Hall–Kier alpha value is -3.15. The Labute approximate surface area is 157 Å². The molecule has 1 aromatic heterocycles. The zero-order chi connectivity index (χ0) is 18.8. The van der Waals surface area contributed by atoms with E-state index in [4.69, 9.17) is 0 Å². The number of amides is 1. The van der Waals surface area contributed by atoms with Gasteiger partial charge in [0.25, 0.3) is 0 Å². The number of imidazole rings is 1. The number of aromatic nitrogens is 2. The van der Waals surface area contributed by atoms with Gasteiger partial charge in [-0.1, -0.05) is 42.5 Å². The van der Waals surface area contributed by atoms with Gasteiger partial charge in [0.1, 0.15) is 12.4 Å². The number of carbonyl (C=O) groups is 2. The molecule has 2 heterocycles. The first-order valence-corrected chi connectivity index (χ1v) is 9.10. The van der Waals surface area contributed by atoms with E-state index in [0.29, 0.717) is 25.3 Å². The fourth-order valence-corrected chi connectivity index (χ4v) is 3.78. The zero-order valence-corrected chi connectivity index (χ0v) is 14.9. The molecule has 138 valence electrons. The second-order valence-electron chi connectivity index (χ2n) is 6.92. The minimum absolute atomic E-state index is 0.0833. The smallest absolute Gasteiger partial charge is 0.323 e. The van der Waals surface area contributed by atoms with Crippen LogP contribution in [0, 0.1) is 0 Å². The average Bonchev–Trinajstić information content (AvgIpc) is 3.21. The summed E-state index contributed by atoms with van der Waals surface area (Å²) in [5.74, 6) is -0.205. The number of carboxylic acid groups (broad SMARTS) is 1. The highest BCUT2D eigenvalue weighted by atomic mass is 16.4. The molecule has 0 saturated carbocycles. The number of benzene rings is 2. The Morgan fingerprint density at radius 3 is 2.63 bits per heavy atom. The van der Waals surface area contributed by atoms with E-state index < -0.39 is 5.97 Å². The van der Waals surface area contributed by atoms with Crippen molar-refractivity contribution in [1.82, 2.24) is 14.5 Å². The van der Waals surface area contributed by atoms with Crippen molar-refractivity contribution in [1.29, 1.82) is 0 Å². The number of carbonyl (C=O) groups excluding carboxylic acids is 1. The van der Waals surface area contributed by atoms with E-state index in [2.05, 4.69) is 17.1 Å². The molecule has 1 atom stereocenters. The third-order valence-corrected chi connectivity index (χ3v) is 5.07. The lowest BCUT2D eigenvalue weighted by Crippen LogP contribution is -2.27. The van der Waals surface area contributed by atoms with Gasteiger partial charge in [-0.25, -0.2) is 4.98 Å². The summed E-state index contributed by atoms with van der Waals surface area (Å²) in [6, 6.07) is 17.6. The van der Waals surface area contributed by atoms with E-state index >= 15 is 0 Å². The van der Waals surface area contributed by atoms with Crippen LogP contribution in [0.4, 0.5) is 0 Å². The SMILES string of the molecule is O=C(O)Cn1c([C@H]2CC(=O)N(CCc3ccccc3)C2)nc2ccccc21. The molecule has 1 saturated heterocycles. The number of hydrogen-bond acceptors (Lipinski definition) is 3. The van der Waals surface area contributed by atoms with Crippen molar-refractivity contribution in [3.05, 3.63) is 66.0 Å². The van der Waals surface area contributed by atoms with Crippen LogP contribution >= 0.6 is 0 Å². The maximum Gasteiger partial charge on any atom is 0.323 e. The van der Waals surface area contributed by atoms with Gasteiger partial charge in [0.2, 0.25) is 5.91 Å². The van der Waals surface area contributed by atoms with E-state index in [0.717, 1.165) is 17.5 Å². The standard InChI is InChI=1S/C21H21N3O3/c25-19-12-16(13-23(19)11-10-15-6-2-1-3-7-15)21-22-17-8-4-5-9-18(17)24(21)14-20(26)27/h1-9,16H,10-14H2,(H,26,27)/t16-/m0/s1. The van der Waals surface area contributed by atoms with Crippen molar-refractivity contribution >= 4 is 22.9 Å². The van der Waals surface area contributed by atoms with Crippen LogP contribution in [0.5, 0.6) is 0 Å². The first-order valence-electron chi connectivity index (χ1n) is 9.10. The molecule has 0 spiro atoms. The Kier molecular flexibility index (Phi) is 4.62. The number of rotatable bonds is 6. The highest BCUT2D eigenvalue weighted by Gasteiger charge is 2.34. The number of carboxylic acids is 1. The van der Waals surface area contributed by atoms with Crippen molar-refractivity contribution in [3.63, 3.8) is 0 Å². The normalized spacial score (nSPS) is 17.0. The van der Waals surface area contributed by atoms with Gasteiger partial charge in [0.05, 0.1) is 11.0 Å². The van der Waals surface area contributed by atoms with E-state index in [1.54, 1.807) is 4.57 Å². The van der Waals surface area contributed by atoms with Crippen LogP contribution in [-0.4, -0.2) is 44.5 Å². The van der Waals surface area contributed by atoms with Crippen LogP contribution in [0.3, 0.4) is 0 Å². The van der Waals surface area contributed by atoms with Gasteiger partial charge < -0.3 is 14.6 Å². The van der Waals surface area contributed by atoms with Crippen LogP contribution in [0.1, 0.15) is 23.7 Å². The summed E-state index contributed by atoms with van der Waals surface area (Å²) in [5.41, 5.74) is 2.76. The lowest BCUT2D eigenvalue weighted by Gasteiger charge is -2.17. The molecule has 6 heteroatoms. The Balaban J connectivity index is 1.55. The molecule has 1 fully saturated rings. The van der Waals surface area contributed by atoms with Gasteiger partial charge in [0.15, 0.2) is 0 Å². The predicted octanol–water partition coefficient (Wildman–Crippen LogP) is 2.68. The number of fused-ring (bicyclic) bond motifs is 1. The van der Waals surface area contributed by atoms with Crippen LogP contribution in [0.2, 0.25) is 0 Å². The lowest BCUT2D eigenvalue weighted by atomic mass is 10.1. The molecule has 1 aliphatic rings. The number of para-hydroxylation sites is 2. The summed E-state index contributed by atoms with van der Waals surface area (Å²) in [7, 11) is 0. The summed E-state index contributed by atoms with van der Waals surface area (Å²) in [6.07, 6.45) is 1.18. The molecule has 3 aromatic rings. The highest BCUT2D eigenvalue weighted by Crippen LogP contribution is 2.30. The largest absolute Gasteiger partial charge is 0.480 e. The van der Waals surface area contributed by atoms with Gasteiger partial charge >= 0.3 is 5.97 Å². The van der Waals surface area contributed by atoms with Crippen LogP contribution in [0.15, 0.2) is 54.6 Å². The molecule has 0 aliphatic carbocycles. The highest BCUT2D eigenvalue weighted by molar-refractivity contribution is 5.81. The Bertz CT molecular complexity index is 981. The summed E-state index contributed by atoms with van der Waals surface area (Å²) in [6.45, 7) is 1.09. The van der Waals surface area contributed by atoms with Gasteiger partial charge in [-0.05, 0) is 24.1 Å². The summed E-state index contributed by atoms with van der Waals surface area (Å²) < 4.78 is 1.73. The third-order valence-electron chi connectivity index (χ3n) is 5.07. The number of likely N-dealkylation sites (tertiary alicyclic amines) is 1. The van der Waals surface area contributed by atoms with Crippen molar-refractivity contribution in [3.8, 4) is 0 Å². The third kappa shape index (κ3) is 3.56. The minimum Gasteiger partial charge on any atom is -0.480 e. The quantitative estimate of drug-likeness (QED) is 0.731. The van der Waals surface area contributed by atoms with Crippen molar-refractivity contribution in [2.24, 2.45) is 0 Å². The second kappa shape index (κ2) is 7.23. The number of aliphatic carboxylic acids is 1. The maximum atomic E-state index is 12.5. The molecule has 1 amide bonds. The topological polar surface area (TPSA) is 75.4 Å². The van der Waals surface area contributed by atoms with Crippen molar-refractivity contribution < 1.29 is 14.7 Å². The fraction of sp³-hybridized carbons (Fsp3) is 0.286. The summed E-state index contributed by atoms with van der Waals surface area (Å²) in [4.78, 5) is 30.4. The molecule has 1 aliphatic heterocycles. The minimum atomic E-state index is -0.912. The molecular formula is C21H21N3O3. The van der Waals surface area contributed by atoms with Gasteiger partial charge in [-0.3, -0.25) is 9.59 Å². The Morgan fingerprint density at radius 1 is 1.11 bits per heavy atom. The molecule has 1 N–H and O–H groups in total. The van der Waals surface area contributed by atoms with E-state index in [1.165, 1.54) is 5.56 Å². The molecule has 2 aromatic carbocycles. The van der Waals surface area contributed by atoms with Crippen molar-refractivity contribution in [2.75, 3.05) is 13.1 Å². The Morgan fingerprint density at radius 2 is 1.85 bits per heavy atom. The molecule has 6 nitrogen and oxygen atoms in total. The zero-order valence-electron chi connectivity index (χ0n) is 14.9. The average molecular weight is 363 g/mol. The van der Waals surface area contributed by atoms with Crippen LogP contribution in [0.25, 0.3) is 11.0 Å². The van der Waals surface area contributed by atoms with Gasteiger partial charge in [-0.2, -0.15) is 0 Å². The first-order chi connectivity index (χ1) is 13.1. The molecule has 4 rings (SSSR count). The molecule has 0 unspecified atom stereocenters. The molecule has 0 radical (unpaired) electrons. The van der Waals surface area contributed by atoms with Gasteiger partial charge in [0, 0.05) is 25.4 Å². The van der Waals surface area contributed by atoms with Crippen molar-refractivity contribution in [2.45, 2.75) is 25.3 Å². The summed E-state index contributed by atoms with van der Waals surface area (Å²) >= 11 is 0. The predicted molar refractivity (Wildman–Crippen MR) is 101 cm³/mol. The van der Waals surface area contributed by atoms with E-state index in [1.807, 2.05) is 47.4 Å². The molecular weight excluding hydrogens is 342 g/mol. The van der Waals surface area contributed by atoms with Crippen LogP contribution in [-0.2, 0) is 22.6 Å². The second-order valence-corrected chi connectivity index (χ2v) is 6.92. The van der Waals surface area contributed by atoms with E-state index in [-0.39, 0.29) is 18.4 Å². The maximum absolute atomic E-state index is 12.5. The summed E-state index contributed by atoms with van der Waals surface area (Å²) in [5, 5.41) is 9.30. The number of nitrogens with zero attached hydrogens (tertiary/aromatic N) is 3. The van der Waals surface area contributed by atoms with E-state index in [9.17, 15) is 14.7 Å². The first kappa shape index (κ1) is 17.3. The molecule has 0 bridgehead atoms. The van der Waals surface area contributed by atoms with Gasteiger partial charge in [-0.15, -0.1) is 0 Å². The number of hydrogen-bond donors (Lipinski definition) is 1.